The Kier molecular flexibility index (Phi) is 5.24. The van der Waals surface area contributed by atoms with E-state index in [-0.39, 0.29) is 12.0 Å². The summed E-state index contributed by atoms with van der Waals surface area (Å²) in [6.45, 7) is 1.71. The predicted octanol–water partition coefficient (Wildman–Crippen LogP) is 5.08. The highest BCUT2D eigenvalue weighted by Gasteiger charge is 2.32. The van der Waals surface area contributed by atoms with Crippen molar-refractivity contribution >= 4 is 5.95 Å². The highest BCUT2D eigenvalue weighted by molar-refractivity contribution is 5.66. The minimum atomic E-state index is -4.36. The van der Waals surface area contributed by atoms with Gasteiger partial charge < -0.3 is 5.73 Å². The van der Waals surface area contributed by atoms with E-state index in [1.165, 1.54) is 17.7 Å². The Labute approximate surface area is 167 Å². The van der Waals surface area contributed by atoms with E-state index in [9.17, 15) is 13.2 Å². The van der Waals surface area contributed by atoms with Gasteiger partial charge in [0.25, 0.3) is 0 Å². The molecule has 0 aliphatic carbocycles. The summed E-state index contributed by atoms with van der Waals surface area (Å²) in [6.07, 6.45) is -0.818. The van der Waals surface area contributed by atoms with Gasteiger partial charge in [0.15, 0.2) is 0 Å². The zero-order chi connectivity index (χ0) is 20.4. The number of halogens is 3. The second-order valence-corrected chi connectivity index (χ2v) is 7.22. The van der Waals surface area contributed by atoms with Crippen LogP contribution < -0.4 is 5.73 Å². The number of benzene rings is 2. The van der Waals surface area contributed by atoms with Crippen LogP contribution in [0.3, 0.4) is 0 Å². The number of hydrogen-bond acceptors (Lipinski definition) is 4. The van der Waals surface area contributed by atoms with Crippen LogP contribution in [0.1, 0.15) is 35.7 Å². The molecule has 2 heterocycles. The van der Waals surface area contributed by atoms with Gasteiger partial charge in [-0.05, 0) is 42.6 Å². The fourth-order valence-electron chi connectivity index (χ4n) is 3.87. The van der Waals surface area contributed by atoms with Crippen LogP contribution in [0, 0.1) is 0 Å². The summed E-state index contributed by atoms with van der Waals surface area (Å²) in [5.41, 5.74) is 8.54. The van der Waals surface area contributed by atoms with Gasteiger partial charge in [0.05, 0.1) is 17.3 Å². The van der Waals surface area contributed by atoms with Crippen LogP contribution in [-0.4, -0.2) is 21.4 Å². The zero-order valence-electron chi connectivity index (χ0n) is 15.7. The third kappa shape index (κ3) is 4.24. The normalized spacial score (nSPS) is 17.6. The first-order valence-electron chi connectivity index (χ1n) is 9.50. The molecule has 2 N–H and O–H groups in total. The SMILES string of the molecule is Nc1ncc(-c2ccc(C(F)(F)F)cc2)c(C2CCCN2Cc2ccccc2)n1. The van der Waals surface area contributed by atoms with E-state index in [0.29, 0.717) is 5.56 Å². The number of anilines is 1. The van der Waals surface area contributed by atoms with Crippen molar-refractivity contribution in [1.29, 1.82) is 0 Å². The van der Waals surface area contributed by atoms with Crippen molar-refractivity contribution in [2.24, 2.45) is 0 Å². The quantitative estimate of drug-likeness (QED) is 0.666. The molecule has 0 saturated carbocycles. The van der Waals surface area contributed by atoms with Crippen molar-refractivity contribution < 1.29 is 13.2 Å². The first-order chi connectivity index (χ1) is 13.9. The average molecular weight is 398 g/mol. The lowest BCUT2D eigenvalue weighted by Gasteiger charge is -2.26. The van der Waals surface area contributed by atoms with Crippen LogP contribution in [0.4, 0.5) is 19.1 Å². The Morgan fingerprint density at radius 3 is 2.45 bits per heavy atom. The highest BCUT2D eigenvalue weighted by atomic mass is 19.4. The summed E-state index contributed by atoms with van der Waals surface area (Å²) in [5.74, 6) is 0.169. The molecule has 29 heavy (non-hydrogen) atoms. The third-order valence-corrected chi connectivity index (χ3v) is 5.27. The van der Waals surface area contributed by atoms with Gasteiger partial charge in [-0.25, -0.2) is 9.97 Å². The van der Waals surface area contributed by atoms with E-state index < -0.39 is 11.7 Å². The summed E-state index contributed by atoms with van der Waals surface area (Å²) >= 11 is 0. The van der Waals surface area contributed by atoms with E-state index in [0.717, 1.165) is 49.3 Å². The summed E-state index contributed by atoms with van der Waals surface area (Å²) in [7, 11) is 0. The lowest BCUT2D eigenvalue weighted by atomic mass is 9.98. The number of alkyl halides is 3. The minimum Gasteiger partial charge on any atom is -0.368 e. The van der Waals surface area contributed by atoms with Crippen molar-refractivity contribution in [2.75, 3.05) is 12.3 Å². The number of aromatic nitrogens is 2. The summed E-state index contributed by atoms with van der Waals surface area (Å²) in [5, 5.41) is 0. The second kappa shape index (κ2) is 7.83. The molecule has 1 saturated heterocycles. The fraction of sp³-hybridized carbons (Fsp3) is 0.273. The summed E-state index contributed by atoms with van der Waals surface area (Å²) in [4.78, 5) is 10.9. The number of likely N-dealkylation sites (tertiary alicyclic amines) is 1. The maximum absolute atomic E-state index is 12.9. The van der Waals surface area contributed by atoms with Crippen LogP contribution in [0.15, 0.2) is 60.8 Å². The predicted molar refractivity (Wildman–Crippen MR) is 106 cm³/mol. The molecule has 1 fully saturated rings. The Balaban J connectivity index is 1.68. The van der Waals surface area contributed by atoms with Gasteiger partial charge in [0, 0.05) is 18.3 Å². The topological polar surface area (TPSA) is 55.0 Å². The number of rotatable bonds is 4. The summed E-state index contributed by atoms with van der Waals surface area (Å²) < 4.78 is 38.7. The molecule has 7 heteroatoms. The van der Waals surface area contributed by atoms with E-state index in [2.05, 4.69) is 27.0 Å². The first-order valence-corrected chi connectivity index (χ1v) is 9.50. The molecule has 0 bridgehead atoms. The standard InChI is InChI=1S/C22H21F3N4/c23-22(24,25)17-10-8-16(9-11-17)18-13-27-21(26)28-20(18)19-7-4-12-29(19)14-15-5-2-1-3-6-15/h1-3,5-6,8-11,13,19H,4,7,12,14H2,(H2,26,27,28). The van der Waals surface area contributed by atoms with Gasteiger partial charge in [-0.15, -0.1) is 0 Å². The number of hydrogen-bond donors (Lipinski definition) is 1. The van der Waals surface area contributed by atoms with Gasteiger partial charge in [0.2, 0.25) is 5.95 Å². The molecule has 2 aromatic carbocycles. The van der Waals surface area contributed by atoms with E-state index in [1.54, 1.807) is 6.20 Å². The van der Waals surface area contributed by atoms with Gasteiger partial charge in [-0.2, -0.15) is 13.2 Å². The third-order valence-electron chi connectivity index (χ3n) is 5.27. The van der Waals surface area contributed by atoms with Crippen molar-refractivity contribution in [2.45, 2.75) is 31.6 Å². The number of nitrogens with zero attached hydrogens (tertiary/aromatic N) is 3. The van der Waals surface area contributed by atoms with Crippen molar-refractivity contribution in [3.05, 3.63) is 77.6 Å². The molecular formula is C22H21F3N4. The second-order valence-electron chi connectivity index (χ2n) is 7.22. The Hall–Kier alpha value is -2.93. The molecule has 4 nitrogen and oxygen atoms in total. The molecule has 150 valence electrons. The van der Waals surface area contributed by atoms with E-state index >= 15 is 0 Å². The fourth-order valence-corrected chi connectivity index (χ4v) is 3.87. The molecule has 1 atom stereocenters. The maximum atomic E-state index is 12.9. The number of nitrogen functional groups attached to an aromatic ring is 1. The van der Waals surface area contributed by atoms with Crippen LogP contribution in [-0.2, 0) is 12.7 Å². The van der Waals surface area contributed by atoms with Gasteiger partial charge in [-0.1, -0.05) is 42.5 Å². The van der Waals surface area contributed by atoms with E-state index in [1.807, 2.05) is 18.2 Å². The smallest absolute Gasteiger partial charge is 0.368 e. The van der Waals surface area contributed by atoms with Crippen LogP contribution in [0.25, 0.3) is 11.1 Å². The maximum Gasteiger partial charge on any atom is 0.416 e. The lowest BCUT2D eigenvalue weighted by Crippen LogP contribution is -2.24. The molecule has 0 radical (unpaired) electrons. The first kappa shape index (κ1) is 19.4. The largest absolute Gasteiger partial charge is 0.416 e. The Morgan fingerprint density at radius 2 is 1.76 bits per heavy atom. The van der Waals surface area contributed by atoms with Gasteiger partial charge >= 0.3 is 6.18 Å². The Morgan fingerprint density at radius 1 is 1.03 bits per heavy atom. The molecular weight excluding hydrogens is 377 g/mol. The molecule has 1 aromatic heterocycles. The van der Waals surface area contributed by atoms with Gasteiger partial charge in [-0.3, -0.25) is 4.90 Å². The molecule has 4 rings (SSSR count). The van der Waals surface area contributed by atoms with Crippen LogP contribution in [0.5, 0.6) is 0 Å². The molecule has 1 aliphatic rings. The van der Waals surface area contributed by atoms with Gasteiger partial charge in [0.1, 0.15) is 0 Å². The monoisotopic (exact) mass is 398 g/mol. The zero-order valence-corrected chi connectivity index (χ0v) is 15.7. The van der Waals surface area contributed by atoms with Crippen LogP contribution in [0.2, 0.25) is 0 Å². The number of nitrogens with two attached hydrogens (primary N) is 1. The molecule has 3 aromatic rings. The van der Waals surface area contributed by atoms with E-state index in [4.69, 9.17) is 5.73 Å². The molecule has 0 spiro atoms. The summed E-state index contributed by atoms with van der Waals surface area (Å²) in [6, 6.07) is 15.3. The lowest BCUT2D eigenvalue weighted by molar-refractivity contribution is -0.137. The van der Waals surface area contributed by atoms with Crippen LogP contribution >= 0.6 is 0 Å². The molecule has 0 amide bonds. The van der Waals surface area contributed by atoms with Crippen molar-refractivity contribution in [3.63, 3.8) is 0 Å². The Bertz CT molecular complexity index is 972. The van der Waals surface area contributed by atoms with Crippen molar-refractivity contribution in [1.82, 2.24) is 14.9 Å². The average Bonchev–Trinajstić information content (AvgIpc) is 3.16. The van der Waals surface area contributed by atoms with Crippen molar-refractivity contribution in [3.8, 4) is 11.1 Å². The molecule has 1 aliphatic heterocycles. The minimum absolute atomic E-state index is 0.0396. The highest BCUT2D eigenvalue weighted by Crippen LogP contribution is 2.38. The molecule has 1 unspecified atom stereocenters.